The van der Waals surface area contributed by atoms with Crippen LogP contribution in [0.15, 0.2) is 79.1 Å². The molecule has 4 rings (SSSR count). The summed E-state index contributed by atoms with van der Waals surface area (Å²) in [5.74, 6) is 0.646. The van der Waals surface area contributed by atoms with Gasteiger partial charge in [0.15, 0.2) is 4.80 Å². The van der Waals surface area contributed by atoms with Gasteiger partial charge >= 0.3 is 5.97 Å². The number of halogens is 2. The van der Waals surface area contributed by atoms with E-state index in [0.29, 0.717) is 49.8 Å². The molecule has 0 radical (unpaired) electrons. The van der Waals surface area contributed by atoms with Crippen molar-refractivity contribution >= 4 is 55.2 Å². The maximum atomic E-state index is 14.0. The number of ether oxygens (including phenoxy) is 3. The summed E-state index contributed by atoms with van der Waals surface area (Å²) in [6.45, 7) is 11.6. The van der Waals surface area contributed by atoms with Crippen molar-refractivity contribution in [2.24, 2.45) is 4.99 Å². The number of carbonyl (C=O) groups excluding carboxylic acids is 1. The highest BCUT2D eigenvalue weighted by atomic mass is 79.9. The molecule has 0 amide bonds. The van der Waals surface area contributed by atoms with Gasteiger partial charge in [-0.2, -0.15) is 0 Å². The normalized spacial score (nSPS) is 15.2. The predicted octanol–water partition coefficient (Wildman–Crippen LogP) is 5.68. The van der Waals surface area contributed by atoms with Gasteiger partial charge in [-0.25, -0.2) is 9.79 Å². The van der Waals surface area contributed by atoms with Crippen molar-refractivity contribution in [3.05, 3.63) is 100 Å². The summed E-state index contributed by atoms with van der Waals surface area (Å²) in [5, 5.41) is 0. The zero-order chi connectivity index (χ0) is 28.3. The van der Waals surface area contributed by atoms with E-state index in [4.69, 9.17) is 14.2 Å². The lowest BCUT2D eigenvalue weighted by Gasteiger charge is -2.26. The number of para-hydroxylation sites is 1. The summed E-state index contributed by atoms with van der Waals surface area (Å²) in [6.07, 6.45) is 3.32. The van der Waals surface area contributed by atoms with Crippen molar-refractivity contribution in [2.75, 3.05) is 13.2 Å². The molecule has 0 aliphatic carbocycles. The van der Waals surface area contributed by atoms with Crippen molar-refractivity contribution in [2.45, 2.75) is 39.8 Å². The Morgan fingerprint density at radius 1 is 1.26 bits per heavy atom. The summed E-state index contributed by atoms with van der Waals surface area (Å²) in [7, 11) is 0. The van der Waals surface area contributed by atoms with E-state index in [-0.39, 0.29) is 18.3 Å². The quantitative estimate of drug-likeness (QED) is 0.216. The van der Waals surface area contributed by atoms with E-state index in [2.05, 4.69) is 43.4 Å². The lowest BCUT2D eigenvalue weighted by Crippen LogP contribution is -2.40. The number of hydrogen-bond acceptors (Lipinski definition) is 7. The fourth-order valence-corrected chi connectivity index (χ4v) is 6.69. The SMILES string of the molecule is C=CCOc1c(Br)cc(Br)cc1/C=c1\sc2n(c1=O)[C@@H](c1ccccc1OC(C)C)C(C(=O)OCC)=C(C)N=2. The van der Waals surface area contributed by atoms with Gasteiger partial charge in [-0.15, -0.1) is 0 Å². The van der Waals surface area contributed by atoms with Crippen LogP contribution in [0.25, 0.3) is 6.08 Å². The number of fused-ring (bicyclic) bond motifs is 1. The average molecular weight is 676 g/mol. The molecule has 1 aliphatic heterocycles. The van der Waals surface area contributed by atoms with Gasteiger partial charge in [-0.05, 0) is 67.9 Å². The lowest BCUT2D eigenvalue weighted by molar-refractivity contribution is -0.139. The molecule has 7 nitrogen and oxygen atoms in total. The Bertz CT molecular complexity index is 1640. The largest absolute Gasteiger partial charge is 0.491 e. The fourth-order valence-electron chi connectivity index (χ4n) is 4.28. The van der Waals surface area contributed by atoms with E-state index in [1.54, 1.807) is 30.6 Å². The maximum absolute atomic E-state index is 14.0. The Balaban J connectivity index is 1.99. The average Bonchev–Trinajstić information content (AvgIpc) is 3.17. The van der Waals surface area contributed by atoms with Gasteiger partial charge in [0.1, 0.15) is 24.1 Å². The number of carbonyl (C=O) groups is 1. The fraction of sp³-hybridized carbons (Fsp3) is 0.276. The van der Waals surface area contributed by atoms with Crippen LogP contribution < -0.4 is 24.4 Å². The van der Waals surface area contributed by atoms with E-state index in [0.717, 1.165) is 8.95 Å². The molecule has 1 atom stereocenters. The third-order valence-corrected chi connectivity index (χ3v) is 7.79. The molecule has 1 aliphatic rings. The van der Waals surface area contributed by atoms with Crippen LogP contribution in [0.5, 0.6) is 11.5 Å². The molecule has 0 saturated heterocycles. The second kappa shape index (κ2) is 12.5. The molecule has 2 heterocycles. The number of nitrogens with zero attached hydrogens (tertiary/aromatic N) is 2. The molecule has 0 spiro atoms. The zero-order valence-electron chi connectivity index (χ0n) is 22.0. The van der Waals surface area contributed by atoms with Gasteiger partial charge in [-0.3, -0.25) is 9.36 Å². The van der Waals surface area contributed by atoms with Gasteiger partial charge < -0.3 is 14.2 Å². The first kappa shape index (κ1) is 29.0. The first-order chi connectivity index (χ1) is 18.7. The summed E-state index contributed by atoms with van der Waals surface area (Å²) in [4.78, 5) is 32.4. The van der Waals surface area contributed by atoms with E-state index >= 15 is 0 Å². The predicted molar refractivity (Wildman–Crippen MR) is 160 cm³/mol. The van der Waals surface area contributed by atoms with E-state index in [1.807, 2.05) is 50.2 Å². The third kappa shape index (κ3) is 6.13. The zero-order valence-corrected chi connectivity index (χ0v) is 26.0. The smallest absolute Gasteiger partial charge is 0.338 e. The molecule has 204 valence electrons. The minimum atomic E-state index is -0.775. The van der Waals surface area contributed by atoms with Crippen LogP contribution in [-0.4, -0.2) is 29.9 Å². The molecule has 10 heteroatoms. The van der Waals surface area contributed by atoms with Gasteiger partial charge in [0.25, 0.3) is 5.56 Å². The number of aromatic nitrogens is 1. The molecule has 0 saturated carbocycles. The van der Waals surface area contributed by atoms with Crippen LogP contribution in [0, 0.1) is 0 Å². The molecule has 0 fully saturated rings. The molecule has 0 unspecified atom stereocenters. The van der Waals surface area contributed by atoms with Crippen molar-refractivity contribution < 1.29 is 19.0 Å². The second-order valence-corrected chi connectivity index (χ2v) is 11.7. The molecule has 39 heavy (non-hydrogen) atoms. The maximum Gasteiger partial charge on any atom is 0.338 e. The topological polar surface area (TPSA) is 79.1 Å². The molecule has 1 aromatic heterocycles. The van der Waals surface area contributed by atoms with Crippen LogP contribution in [-0.2, 0) is 9.53 Å². The molecule has 0 bridgehead atoms. The minimum absolute atomic E-state index is 0.109. The molecule has 2 aromatic carbocycles. The Morgan fingerprint density at radius 2 is 2.00 bits per heavy atom. The summed E-state index contributed by atoms with van der Waals surface area (Å²) in [5.41, 5.74) is 1.88. The van der Waals surface area contributed by atoms with Gasteiger partial charge in [0.2, 0.25) is 0 Å². The Labute approximate surface area is 247 Å². The molecular weight excluding hydrogens is 648 g/mol. The van der Waals surface area contributed by atoms with Crippen molar-refractivity contribution in [3.63, 3.8) is 0 Å². The van der Waals surface area contributed by atoms with E-state index < -0.39 is 12.0 Å². The van der Waals surface area contributed by atoms with Crippen LogP contribution >= 0.6 is 43.2 Å². The number of esters is 1. The highest BCUT2D eigenvalue weighted by Gasteiger charge is 2.35. The van der Waals surface area contributed by atoms with Crippen molar-refractivity contribution in [1.29, 1.82) is 0 Å². The standard InChI is InChI=1S/C29H28Br2N2O5S/c1-6-12-37-26-18(13-19(30)15-21(26)31)14-23-27(34)33-25(20-10-8-9-11-22(20)38-16(3)4)24(28(35)36-7-2)17(5)32-29(33)39-23/h6,8-11,13-16,25H,1,7,12H2,2-5H3/b23-14-/t25-/m0/s1. The Hall–Kier alpha value is -2.95. The van der Waals surface area contributed by atoms with Crippen LogP contribution in [0.4, 0.5) is 0 Å². The summed E-state index contributed by atoms with van der Waals surface area (Å²) < 4.78 is 20.9. The highest BCUT2D eigenvalue weighted by molar-refractivity contribution is 9.11. The van der Waals surface area contributed by atoms with E-state index in [9.17, 15) is 9.59 Å². The third-order valence-electron chi connectivity index (χ3n) is 5.76. The number of hydrogen-bond donors (Lipinski definition) is 0. The van der Waals surface area contributed by atoms with Crippen LogP contribution in [0.3, 0.4) is 0 Å². The molecule has 3 aromatic rings. The van der Waals surface area contributed by atoms with E-state index in [1.165, 1.54) is 11.3 Å². The Kier molecular flexibility index (Phi) is 9.30. The first-order valence-electron chi connectivity index (χ1n) is 12.3. The molecular formula is C29H28Br2N2O5S. The minimum Gasteiger partial charge on any atom is -0.491 e. The van der Waals surface area contributed by atoms with Gasteiger partial charge in [-0.1, -0.05) is 58.1 Å². The molecule has 0 N–H and O–H groups in total. The number of rotatable bonds is 9. The van der Waals surface area contributed by atoms with Crippen molar-refractivity contribution in [3.8, 4) is 11.5 Å². The van der Waals surface area contributed by atoms with Gasteiger partial charge in [0, 0.05) is 15.6 Å². The monoisotopic (exact) mass is 674 g/mol. The second-order valence-electron chi connectivity index (χ2n) is 8.91. The highest BCUT2D eigenvalue weighted by Crippen LogP contribution is 2.37. The summed E-state index contributed by atoms with van der Waals surface area (Å²) >= 11 is 8.32. The number of benzene rings is 2. The van der Waals surface area contributed by atoms with Crippen molar-refractivity contribution in [1.82, 2.24) is 4.57 Å². The Morgan fingerprint density at radius 3 is 2.69 bits per heavy atom. The number of thiazole rings is 1. The first-order valence-corrected chi connectivity index (χ1v) is 14.7. The number of allylic oxidation sites excluding steroid dienone is 1. The summed E-state index contributed by atoms with van der Waals surface area (Å²) in [6, 6.07) is 10.4. The lowest BCUT2D eigenvalue weighted by atomic mass is 9.95. The van der Waals surface area contributed by atoms with Gasteiger partial charge in [0.05, 0.1) is 33.0 Å². The van der Waals surface area contributed by atoms with Crippen LogP contribution in [0.2, 0.25) is 0 Å². The van der Waals surface area contributed by atoms with Crippen LogP contribution in [0.1, 0.15) is 44.9 Å².